The Morgan fingerprint density at radius 3 is 2.47 bits per heavy atom. The summed E-state index contributed by atoms with van der Waals surface area (Å²) in [5.41, 5.74) is 2.42. The van der Waals surface area contributed by atoms with Gasteiger partial charge in [0.2, 0.25) is 11.2 Å². The van der Waals surface area contributed by atoms with Crippen LogP contribution in [0.4, 0.5) is 0 Å². The zero-order chi connectivity index (χ0) is 22.1. The maximum atomic E-state index is 13.3. The molecule has 1 aliphatic rings. The minimum atomic E-state index is -0.206. The summed E-state index contributed by atoms with van der Waals surface area (Å²) in [6.45, 7) is 3.60. The Bertz CT molecular complexity index is 1310. The molecule has 4 aromatic rings. The summed E-state index contributed by atoms with van der Waals surface area (Å²) in [6.07, 6.45) is 0. The van der Waals surface area contributed by atoms with E-state index in [4.69, 9.17) is 18.6 Å². The topological polar surface area (TPSA) is 61.1 Å². The zero-order valence-electron chi connectivity index (χ0n) is 18.0. The lowest BCUT2D eigenvalue weighted by atomic mass is 10.1. The highest BCUT2D eigenvalue weighted by molar-refractivity contribution is 5.83. The summed E-state index contributed by atoms with van der Waals surface area (Å²) < 4.78 is 23.2. The predicted octanol–water partition coefficient (Wildman–Crippen LogP) is 5.25. The number of hydrogen-bond donors (Lipinski definition) is 0. The zero-order valence-corrected chi connectivity index (χ0v) is 18.0. The fourth-order valence-corrected chi connectivity index (χ4v) is 3.92. The number of rotatable bonds is 5. The van der Waals surface area contributed by atoms with Gasteiger partial charge in [-0.05, 0) is 48.9 Å². The molecular weight excluding hydrogens is 406 g/mol. The summed E-state index contributed by atoms with van der Waals surface area (Å²) in [4.78, 5) is 15.4. The Morgan fingerprint density at radius 2 is 1.72 bits per heavy atom. The normalized spacial score (nSPS) is 13.4. The average molecular weight is 429 g/mol. The number of fused-ring (bicyclic) bond motifs is 3. The van der Waals surface area contributed by atoms with Crippen molar-refractivity contribution >= 4 is 11.0 Å². The first kappa shape index (κ1) is 20.2. The molecule has 0 bridgehead atoms. The van der Waals surface area contributed by atoms with Crippen molar-refractivity contribution in [1.29, 1.82) is 0 Å². The second-order valence-corrected chi connectivity index (χ2v) is 7.76. The van der Waals surface area contributed by atoms with Crippen LogP contribution in [0, 0.1) is 6.92 Å². The largest absolute Gasteiger partial charge is 0.497 e. The molecule has 6 nitrogen and oxygen atoms in total. The van der Waals surface area contributed by atoms with E-state index < -0.39 is 0 Å². The van der Waals surface area contributed by atoms with Gasteiger partial charge in [-0.1, -0.05) is 30.3 Å². The van der Waals surface area contributed by atoms with Crippen LogP contribution < -0.4 is 19.6 Å². The fourth-order valence-electron chi connectivity index (χ4n) is 3.92. The van der Waals surface area contributed by atoms with Gasteiger partial charge in [-0.3, -0.25) is 9.69 Å². The van der Waals surface area contributed by atoms with Crippen LogP contribution in [0.5, 0.6) is 23.0 Å². The van der Waals surface area contributed by atoms with Gasteiger partial charge in [0, 0.05) is 13.1 Å². The van der Waals surface area contributed by atoms with Crippen molar-refractivity contribution in [3.05, 3.63) is 93.8 Å². The third kappa shape index (κ3) is 3.81. The molecule has 1 aromatic heterocycles. The smallest absolute Gasteiger partial charge is 0.235 e. The van der Waals surface area contributed by atoms with E-state index in [9.17, 15) is 4.79 Å². The van der Waals surface area contributed by atoms with Crippen LogP contribution >= 0.6 is 0 Å². The Morgan fingerprint density at radius 1 is 0.969 bits per heavy atom. The average Bonchev–Trinajstić information content (AvgIpc) is 2.83. The summed E-state index contributed by atoms with van der Waals surface area (Å²) >= 11 is 0. The first-order chi connectivity index (χ1) is 15.6. The second kappa shape index (κ2) is 8.40. The number of benzene rings is 3. The number of nitrogens with zero attached hydrogens (tertiary/aromatic N) is 1. The van der Waals surface area contributed by atoms with E-state index in [1.807, 2.05) is 24.3 Å². The fraction of sp³-hybridized carbons (Fsp3) is 0.192. The van der Waals surface area contributed by atoms with Crippen molar-refractivity contribution < 1.29 is 18.6 Å². The third-order valence-corrected chi connectivity index (χ3v) is 5.56. The molecule has 0 unspecified atom stereocenters. The third-order valence-electron chi connectivity index (χ3n) is 5.56. The quantitative estimate of drug-likeness (QED) is 0.432. The van der Waals surface area contributed by atoms with Crippen LogP contribution in [0.2, 0.25) is 0 Å². The highest BCUT2D eigenvalue weighted by Crippen LogP contribution is 2.34. The molecule has 0 N–H and O–H groups in total. The molecule has 0 saturated carbocycles. The van der Waals surface area contributed by atoms with E-state index in [-0.39, 0.29) is 11.2 Å². The molecule has 32 heavy (non-hydrogen) atoms. The molecule has 0 saturated heterocycles. The van der Waals surface area contributed by atoms with Crippen molar-refractivity contribution in [1.82, 2.24) is 4.90 Å². The number of methoxy groups -OCH3 is 1. The van der Waals surface area contributed by atoms with Crippen molar-refractivity contribution in [2.24, 2.45) is 0 Å². The molecule has 2 heterocycles. The first-order valence-electron chi connectivity index (χ1n) is 10.4. The van der Waals surface area contributed by atoms with Crippen LogP contribution in [0.3, 0.4) is 0 Å². The van der Waals surface area contributed by atoms with Crippen LogP contribution in [0.1, 0.15) is 16.9 Å². The molecule has 5 rings (SSSR count). The van der Waals surface area contributed by atoms with Crippen molar-refractivity contribution in [3.63, 3.8) is 0 Å². The molecule has 1 aliphatic heterocycles. The molecular formula is C26H23NO5. The Labute approximate surface area is 185 Å². The maximum absolute atomic E-state index is 13.3. The van der Waals surface area contributed by atoms with Gasteiger partial charge in [0.05, 0.1) is 18.1 Å². The molecule has 0 spiro atoms. The minimum Gasteiger partial charge on any atom is -0.497 e. The minimum absolute atomic E-state index is 0.181. The molecule has 0 fully saturated rings. The van der Waals surface area contributed by atoms with Crippen LogP contribution in [-0.4, -0.2) is 18.7 Å². The Balaban J connectivity index is 1.49. The van der Waals surface area contributed by atoms with Gasteiger partial charge >= 0.3 is 0 Å². The summed E-state index contributed by atoms with van der Waals surface area (Å²) in [5.74, 6) is 2.60. The van der Waals surface area contributed by atoms with E-state index >= 15 is 0 Å². The van der Waals surface area contributed by atoms with Gasteiger partial charge in [0.1, 0.15) is 35.3 Å². The molecule has 3 aromatic carbocycles. The highest BCUT2D eigenvalue weighted by atomic mass is 16.5. The second-order valence-electron chi connectivity index (χ2n) is 7.76. The van der Waals surface area contributed by atoms with Gasteiger partial charge in [0.25, 0.3) is 0 Å². The van der Waals surface area contributed by atoms with Crippen molar-refractivity contribution in [3.8, 4) is 23.0 Å². The molecule has 6 heteroatoms. The standard InChI is InChI=1S/C26H23NO5/c1-17-25(32-20-10-8-19(29-2)9-11-20)24(28)21-12-13-23-22(26(21)31-17)15-27(16-30-23)14-18-6-4-3-5-7-18/h3-13H,14-16H2,1-2H3. The summed E-state index contributed by atoms with van der Waals surface area (Å²) in [7, 11) is 1.60. The number of hydrogen-bond acceptors (Lipinski definition) is 6. The van der Waals surface area contributed by atoms with Gasteiger partial charge in [-0.25, -0.2) is 0 Å². The Kier molecular flexibility index (Phi) is 5.29. The summed E-state index contributed by atoms with van der Waals surface area (Å²) in [6, 6.07) is 20.9. The van der Waals surface area contributed by atoms with Gasteiger partial charge < -0.3 is 18.6 Å². The lowest BCUT2D eigenvalue weighted by molar-refractivity contribution is 0.0889. The highest BCUT2D eigenvalue weighted by Gasteiger charge is 2.24. The molecule has 0 radical (unpaired) electrons. The van der Waals surface area contributed by atoms with Crippen molar-refractivity contribution in [2.75, 3.05) is 13.8 Å². The van der Waals surface area contributed by atoms with E-state index in [2.05, 4.69) is 17.0 Å². The van der Waals surface area contributed by atoms with Crippen LogP contribution in [-0.2, 0) is 13.1 Å². The predicted molar refractivity (Wildman–Crippen MR) is 121 cm³/mol. The monoisotopic (exact) mass is 429 g/mol. The van der Waals surface area contributed by atoms with Crippen molar-refractivity contribution in [2.45, 2.75) is 20.0 Å². The molecule has 0 atom stereocenters. The van der Waals surface area contributed by atoms with Gasteiger partial charge in [-0.2, -0.15) is 0 Å². The lowest BCUT2D eigenvalue weighted by Crippen LogP contribution is -2.31. The summed E-state index contributed by atoms with van der Waals surface area (Å²) in [5, 5.41) is 0.475. The first-order valence-corrected chi connectivity index (χ1v) is 10.4. The molecule has 0 amide bonds. The number of aryl methyl sites for hydroxylation is 1. The van der Waals surface area contributed by atoms with Gasteiger partial charge in [-0.15, -0.1) is 0 Å². The van der Waals surface area contributed by atoms with E-state index in [1.54, 1.807) is 44.4 Å². The van der Waals surface area contributed by atoms with E-state index in [0.29, 0.717) is 41.5 Å². The Hall–Kier alpha value is -3.77. The van der Waals surface area contributed by atoms with Crippen LogP contribution in [0.15, 0.2) is 75.9 Å². The van der Waals surface area contributed by atoms with Crippen LogP contribution in [0.25, 0.3) is 11.0 Å². The number of ether oxygens (including phenoxy) is 3. The lowest BCUT2D eigenvalue weighted by Gasteiger charge is -2.29. The van der Waals surface area contributed by atoms with E-state index in [0.717, 1.165) is 17.9 Å². The molecule has 0 aliphatic carbocycles. The maximum Gasteiger partial charge on any atom is 0.235 e. The molecule has 162 valence electrons. The van der Waals surface area contributed by atoms with E-state index in [1.165, 1.54) is 5.56 Å². The SMILES string of the molecule is COc1ccc(Oc2c(C)oc3c4c(ccc3c2=O)OCN(Cc2ccccc2)C4)cc1. The van der Waals surface area contributed by atoms with Gasteiger partial charge in [0.15, 0.2) is 0 Å².